The average Bonchev–Trinajstić information content (AvgIpc) is 3.03. The highest BCUT2D eigenvalue weighted by Gasteiger charge is 2.44. The number of carbonyl (C=O) groups excluding carboxylic acids is 4. The molecule has 4 amide bonds. The number of aliphatic hydroxyl groups is 1. The first-order chi connectivity index (χ1) is 15.4. The first-order valence-electron chi connectivity index (χ1n) is 10.2. The number of hydrogen-bond acceptors (Lipinski definition) is 7. The van der Waals surface area contributed by atoms with Crippen LogP contribution in [0, 0.1) is 0 Å². The topological polar surface area (TPSA) is 129 Å². The second kappa shape index (κ2) is 9.09. The molecule has 2 unspecified atom stereocenters. The molecule has 0 bridgehead atoms. The van der Waals surface area contributed by atoms with Gasteiger partial charge in [-0.3, -0.25) is 29.4 Å². The van der Waals surface area contributed by atoms with E-state index in [2.05, 4.69) is 15.6 Å². The van der Waals surface area contributed by atoms with E-state index in [1.807, 2.05) is 13.0 Å². The summed E-state index contributed by atoms with van der Waals surface area (Å²) in [4.78, 5) is 55.0. The van der Waals surface area contributed by atoms with Crippen molar-refractivity contribution in [2.75, 3.05) is 5.75 Å². The Balaban J connectivity index is 1.44. The summed E-state index contributed by atoms with van der Waals surface area (Å²) in [5.74, 6) is -0.867. The second-order valence-corrected chi connectivity index (χ2v) is 8.81. The number of aliphatic hydroxyl groups excluding tert-OH is 1. The summed E-state index contributed by atoms with van der Waals surface area (Å²) >= 11 is 1.64. The summed E-state index contributed by atoms with van der Waals surface area (Å²) in [7, 11) is 0. The maximum Gasteiger partial charge on any atom is 0.270 e. The number of pyridine rings is 1. The van der Waals surface area contributed by atoms with Gasteiger partial charge in [0, 0.05) is 35.2 Å². The minimum Gasteiger partial charge on any atom is -0.369 e. The Morgan fingerprint density at radius 2 is 2.09 bits per heavy atom. The highest BCUT2D eigenvalue weighted by molar-refractivity contribution is 7.99. The Hall–Kier alpha value is -3.24. The number of hydrogen-bond donors (Lipinski definition) is 3. The second-order valence-electron chi connectivity index (χ2n) is 7.47. The van der Waals surface area contributed by atoms with Gasteiger partial charge in [0.2, 0.25) is 11.8 Å². The van der Waals surface area contributed by atoms with Crippen molar-refractivity contribution >= 4 is 35.4 Å². The van der Waals surface area contributed by atoms with E-state index in [1.54, 1.807) is 42.2 Å². The van der Waals surface area contributed by atoms with Crippen molar-refractivity contribution in [3.05, 3.63) is 58.9 Å². The molecule has 1 saturated heterocycles. The first-order valence-corrected chi connectivity index (χ1v) is 11.2. The summed E-state index contributed by atoms with van der Waals surface area (Å²) in [6, 6.07) is 7.49. The number of piperidine rings is 1. The Morgan fingerprint density at radius 3 is 2.78 bits per heavy atom. The predicted octanol–water partition coefficient (Wildman–Crippen LogP) is 1.38. The fourth-order valence-electron chi connectivity index (χ4n) is 3.83. The Bertz CT molecular complexity index is 1090. The van der Waals surface area contributed by atoms with Gasteiger partial charge in [0.1, 0.15) is 11.7 Å². The van der Waals surface area contributed by atoms with Gasteiger partial charge in [-0.15, -0.1) is 11.8 Å². The van der Waals surface area contributed by atoms with Crippen LogP contribution in [0.2, 0.25) is 0 Å². The van der Waals surface area contributed by atoms with Crippen molar-refractivity contribution in [1.82, 2.24) is 20.5 Å². The largest absolute Gasteiger partial charge is 0.369 e. The number of nitrogens with one attached hydrogen (secondary N) is 2. The lowest BCUT2D eigenvalue weighted by molar-refractivity contribution is -0.139. The molecular formula is C22H22N4O5S. The van der Waals surface area contributed by atoms with Gasteiger partial charge < -0.3 is 10.4 Å². The minimum absolute atomic E-state index is 0.104. The van der Waals surface area contributed by atoms with Crippen molar-refractivity contribution in [2.45, 2.75) is 43.5 Å². The summed E-state index contributed by atoms with van der Waals surface area (Å²) in [6.07, 6.45) is 0.617. The van der Waals surface area contributed by atoms with Crippen LogP contribution in [0.15, 0.2) is 41.4 Å². The molecule has 0 saturated carbocycles. The Labute approximate surface area is 188 Å². The van der Waals surface area contributed by atoms with E-state index in [4.69, 9.17) is 0 Å². The molecule has 1 aromatic heterocycles. The quantitative estimate of drug-likeness (QED) is 0.444. The minimum atomic E-state index is -1.30. The number of nitrogens with zero attached hydrogens (tertiary/aromatic N) is 2. The molecule has 4 rings (SSSR count). The summed E-state index contributed by atoms with van der Waals surface area (Å²) in [6.45, 7) is 2.22. The first kappa shape index (κ1) is 22.0. The molecule has 1 fully saturated rings. The Kier molecular flexibility index (Phi) is 6.24. The van der Waals surface area contributed by atoms with E-state index in [1.165, 1.54) is 0 Å². The number of thioether (sulfide) groups is 1. The van der Waals surface area contributed by atoms with E-state index < -0.39 is 30.0 Å². The third-order valence-corrected chi connectivity index (χ3v) is 6.26. The lowest BCUT2D eigenvalue weighted by Crippen LogP contribution is -2.53. The van der Waals surface area contributed by atoms with Crippen LogP contribution in [0.4, 0.5) is 0 Å². The third kappa shape index (κ3) is 4.23. The van der Waals surface area contributed by atoms with Crippen molar-refractivity contribution in [1.29, 1.82) is 0 Å². The number of aromatic nitrogens is 1. The number of rotatable bonds is 6. The normalized spacial score (nSPS) is 20.2. The number of carbonyl (C=O) groups is 4. The molecule has 2 aromatic rings. The van der Waals surface area contributed by atoms with Crippen LogP contribution in [0.1, 0.15) is 58.0 Å². The molecule has 32 heavy (non-hydrogen) atoms. The van der Waals surface area contributed by atoms with Gasteiger partial charge in [0.15, 0.2) is 6.23 Å². The molecule has 9 nitrogen and oxygen atoms in total. The monoisotopic (exact) mass is 454 g/mol. The molecule has 2 atom stereocenters. The van der Waals surface area contributed by atoms with Crippen molar-refractivity contribution in [2.24, 2.45) is 0 Å². The highest BCUT2D eigenvalue weighted by Crippen LogP contribution is 2.35. The lowest BCUT2D eigenvalue weighted by atomic mass is 10.0. The van der Waals surface area contributed by atoms with Gasteiger partial charge in [0.05, 0.1) is 0 Å². The molecular weight excluding hydrogens is 432 g/mol. The molecule has 3 N–H and O–H groups in total. The maximum absolute atomic E-state index is 12.8. The van der Waals surface area contributed by atoms with Crippen molar-refractivity contribution < 1.29 is 24.3 Å². The van der Waals surface area contributed by atoms with Gasteiger partial charge in [0.25, 0.3) is 11.8 Å². The molecule has 1 aromatic carbocycles. The van der Waals surface area contributed by atoms with Gasteiger partial charge in [-0.2, -0.15) is 0 Å². The maximum atomic E-state index is 12.8. The van der Waals surface area contributed by atoms with Crippen LogP contribution >= 0.6 is 11.8 Å². The van der Waals surface area contributed by atoms with Gasteiger partial charge in [-0.1, -0.05) is 13.0 Å². The molecule has 0 radical (unpaired) electrons. The van der Waals surface area contributed by atoms with Crippen molar-refractivity contribution in [3.8, 4) is 0 Å². The molecule has 3 heterocycles. The molecule has 0 spiro atoms. The molecule has 0 aliphatic carbocycles. The van der Waals surface area contributed by atoms with Crippen LogP contribution < -0.4 is 10.6 Å². The number of benzene rings is 1. The van der Waals surface area contributed by atoms with Crippen LogP contribution in [-0.2, 0) is 16.1 Å². The van der Waals surface area contributed by atoms with Crippen LogP contribution in [0.5, 0.6) is 0 Å². The lowest BCUT2D eigenvalue weighted by Gasteiger charge is -2.31. The predicted molar refractivity (Wildman–Crippen MR) is 116 cm³/mol. The molecule has 10 heteroatoms. The molecule has 2 aliphatic rings. The van der Waals surface area contributed by atoms with Gasteiger partial charge >= 0.3 is 0 Å². The molecule has 166 valence electrons. The van der Waals surface area contributed by atoms with Crippen molar-refractivity contribution in [3.63, 3.8) is 0 Å². The SMILES string of the molecule is CCSc1ccc(C(=O)NCc2ccc3c(c2)C(O)N(C2CCC(=O)NC2=O)C3=O)nc1. The average molecular weight is 455 g/mol. The summed E-state index contributed by atoms with van der Waals surface area (Å²) < 4.78 is 0. The van der Waals surface area contributed by atoms with Gasteiger partial charge in [-0.25, -0.2) is 4.98 Å². The van der Waals surface area contributed by atoms with E-state index >= 15 is 0 Å². The highest BCUT2D eigenvalue weighted by atomic mass is 32.2. The van der Waals surface area contributed by atoms with E-state index in [0.717, 1.165) is 15.5 Å². The zero-order valence-corrected chi connectivity index (χ0v) is 18.1. The zero-order chi connectivity index (χ0) is 22.8. The van der Waals surface area contributed by atoms with Gasteiger partial charge in [-0.05, 0) is 42.0 Å². The zero-order valence-electron chi connectivity index (χ0n) is 17.3. The number of imide groups is 1. The van der Waals surface area contributed by atoms with E-state index in [0.29, 0.717) is 22.4 Å². The smallest absolute Gasteiger partial charge is 0.270 e. The fraction of sp³-hybridized carbons (Fsp3) is 0.318. The summed E-state index contributed by atoms with van der Waals surface area (Å²) in [5, 5.41) is 15.7. The van der Waals surface area contributed by atoms with E-state index in [9.17, 15) is 24.3 Å². The van der Waals surface area contributed by atoms with Crippen LogP contribution in [0.3, 0.4) is 0 Å². The van der Waals surface area contributed by atoms with Crippen LogP contribution in [-0.4, -0.2) is 50.4 Å². The van der Waals surface area contributed by atoms with Crippen LogP contribution in [0.25, 0.3) is 0 Å². The number of amides is 4. The molecule has 2 aliphatic heterocycles. The Morgan fingerprint density at radius 1 is 1.28 bits per heavy atom. The number of fused-ring (bicyclic) bond motifs is 1. The fourth-order valence-corrected chi connectivity index (χ4v) is 4.45. The standard InChI is InChI=1S/C22H22N4O5S/c1-2-32-13-4-6-16(23-11-13)19(28)24-10-12-3-5-14-15(9-12)22(31)26(21(14)30)17-7-8-18(27)25-20(17)29/h3-6,9,11,17,22,31H,2,7-8,10H2,1H3,(H,24,28)(H,25,27,29). The summed E-state index contributed by atoms with van der Waals surface area (Å²) in [5.41, 5.74) is 1.64. The third-order valence-electron chi connectivity index (χ3n) is 5.40. The van der Waals surface area contributed by atoms with E-state index in [-0.39, 0.29) is 25.3 Å².